The number of hydrogen-bond donors (Lipinski definition) is 0. The van der Waals surface area contributed by atoms with E-state index >= 15 is 0 Å². The predicted molar refractivity (Wildman–Crippen MR) is 93.3 cm³/mol. The molecule has 0 aliphatic heterocycles. The third kappa shape index (κ3) is 4.27. The van der Waals surface area contributed by atoms with Crippen LogP contribution >= 0.6 is 0 Å². The molecule has 1 aromatic carbocycles. The maximum absolute atomic E-state index is 13.1. The van der Waals surface area contributed by atoms with Gasteiger partial charge >= 0.3 is 18.2 Å². The van der Waals surface area contributed by atoms with Crippen LogP contribution in [-0.4, -0.2) is 43.9 Å². The Morgan fingerprint density at radius 2 is 1.56 bits per heavy atom. The van der Waals surface area contributed by atoms with Gasteiger partial charge in [0.25, 0.3) is 5.16 Å². The summed E-state index contributed by atoms with van der Waals surface area (Å²) >= 11 is 0. The van der Waals surface area contributed by atoms with Crippen LogP contribution in [0.25, 0.3) is 17.2 Å². The van der Waals surface area contributed by atoms with E-state index in [4.69, 9.17) is 0 Å². The number of halogens is 6. The van der Waals surface area contributed by atoms with Crippen LogP contribution in [0.2, 0.25) is 0 Å². The fourth-order valence-electron chi connectivity index (χ4n) is 2.67. The van der Waals surface area contributed by atoms with E-state index in [2.05, 4.69) is 15.1 Å². The van der Waals surface area contributed by atoms with Gasteiger partial charge in [-0.05, 0) is 28.1 Å². The molecule has 0 saturated heterocycles. The molecule has 3 aromatic rings. The molecule has 0 amide bonds. The van der Waals surface area contributed by atoms with Gasteiger partial charge in [-0.2, -0.15) is 36.0 Å². The smallest absolute Gasteiger partial charge is 0.358 e. The van der Waals surface area contributed by atoms with E-state index in [9.17, 15) is 44.9 Å². The molecule has 3 rings (SSSR count). The van der Waals surface area contributed by atoms with Crippen LogP contribution in [0.15, 0.2) is 29.7 Å². The van der Waals surface area contributed by atoms with Crippen molar-refractivity contribution < 1.29 is 39.7 Å². The highest BCUT2D eigenvalue weighted by atomic mass is 32.2. The lowest BCUT2D eigenvalue weighted by atomic mass is 10.0. The first kappa shape index (κ1) is 23.2. The summed E-state index contributed by atoms with van der Waals surface area (Å²) < 4.78 is 105. The fraction of sp³-hybridized carbons (Fsp3) is 0.267. The zero-order valence-corrected chi connectivity index (χ0v) is 16.6. The number of sulfone groups is 1. The number of nitrogens with zero attached hydrogens (tertiary/aromatic N) is 6. The van der Waals surface area contributed by atoms with Crippen molar-refractivity contribution in [1.82, 2.24) is 24.3 Å². The highest BCUT2D eigenvalue weighted by Gasteiger charge is 2.38. The molecule has 2 aromatic heterocycles. The van der Waals surface area contributed by atoms with Gasteiger partial charge in [-0.25, -0.2) is 8.42 Å². The number of rotatable bonds is 4. The molecule has 32 heavy (non-hydrogen) atoms. The Hall–Kier alpha value is -3.50. The van der Waals surface area contributed by atoms with Crippen LogP contribution in [0.4, 0.5) is 32.2 Å². The first-order chi connectivity index (χ1) is 14.5. The van der Waals surface area contributed by atoms with Crippen LogP contribution in [0, 0.1) is 10.1 Å². The minimum absolute atomic E-state index is 0.121. The number of hydrogen-bond acceptors (Lipinski definition) is 7. The topological polar surface area (TPSA) is 126 Å². The number of imidazole rings is 1. The monoisotopic (exact) mass is 484 g/mol. The third-order valence-electron chi connectivity index (χ3n) is 4.02. The van der Waals surface area contributed by atoms with Gasteiger partial charge < -0.3 is 10.1 Å². The average molecular weight is 484 g/mol. The summed E-state index contributed by atoms with van der Waals surface area (Å²) in [7, 11) is -3.07. The molecule has 0 aliphatic carbocycles. The van der Waals surface area contributed by atoms with Gasteiger partial charge in [-0.1, -0.05) is 0 Å². The Morgan fingerprint density at radius 3 is 2.00 bits per heavy atom. The lowest BCUT2D eigenvalue weighted by molar-refractivity contribution is -0.389. The second kappa shape index (κ2) is 7.28. The van der Waals surface area contributed by atoms with Gasteiger partial charge in [0.05, 0.1) is 11.1 Å². The molecular weight excluding hydrogens is 474 g/mol. The number of nitro groups is 1. The first-order valence-corrected chi connectivity index (χ1v) is 10.0. The van der Waals surface area contributed by atoms with E-state index in [1.807, 2.05) is 0 Å². The molecule has 10 nitrogen and oxygen atoms in total. The molecule has 0 atom stereocenters. The van der Waals surface area contributed by atoms with Crippen molar-refractivity contribution in [3.8, 4) is 17.2 Å². The van der Waals surface area contributed by atoms with Crippen LogP contribution in [0.3, 0.4) is 0 Å². The number of alkyl halides is 6. The second-order valence-corrected chi connectivity index (χ2v) is 8.37. The van der Waals surface area contributed by atoms with Crippen LogP contribution < -0.4 is 0 Å². The minimum Gasteiger partial charge on any atom is -0.358 e. The molecule has 0 fully saturated rings. The molecule has 0 spiro atoms. The van der Waals surface area contributed by atoms with Crippen molar-refractivity contribution in [2.24, 2.45) is 7.05 Å². The molecule has 17 heteroatoms. The number of aryl methyl sites for hydroxylation is 1. The molecule has 0 saturated carbocycles. The van der Waals surface area contributed by atoms with Crippen LogP contribution in [0.1, 0.15) is 11.1 Å². The standard InChI is InChI=1S/C15H10F6N6O4S/c1-25-6-22-11(27(28)29)12(25)26-13(32(2,30)31)23-10(24-26)7-3-8(14(16,17)18)5-9(4-7)15(19,20)21/h3-6H,1-2H3. The van der Waals surface area contributed by atoms with Crippen molar-refractivity contribution in [1.29, 1.82) is 0 Å². The molecule has 172 valence electrons. The second-order valence-electron chi connectivity index (χ2n) is 6.46. The first-order valence-electron chi connectivity index (χ1n) is 8.13. The number of aromatic nitrogens is 5. The lowest BCUT2D eigenvalue weighted by Crippen LogP contribution is -2.13. The summed E-state index contributed by atoms with van der Waals surface area (Å²) in [5.41, 5.74) is -4.15. The highest BCUT2D eigenvalue weighted by molar-refractivity contribution is 7.90. The normalized spacial score (nSPS) is 12.9. The zero-order chi connectivity index (χ0) is 24.2. The van der Waals surface area contributed by atoms with Crippen molar-refractivity contribution in [2.75, 3.05) is 6.26 Å². The van der Waals surface area contributed by atoms with E-state index in [0.717, 1.165) is 10.9 Å². The Morgan fingerprint density at radius 1 is 1.03 bits per heavy atom. The lowest BCUT2D eigenvalue weighted by Gasteiger charge is -2.13. The van der Waals surface area contributed by atoms with Gasteiger partial charge in [0.15, 0.2) is 5.82 Å². The number of benzene rings is 1. The third-order valence-corrected chi connectivity index (χ3v) is 4.94. The quantitative estimate of drug-likeness (QED) is 0.317. The summed E-state index contributed by atoms with van der Waals surface area (Å²) in [4.78, 5) is 17.3. The Labute approximate surface area is 174 Å². The summed E-state index contributed by atoms with van der Waals surface area (Å²) in [5.74, 6) is -2.23. The van der Waals surface area contributed by atoms with Gasteiger partial charge in [0.1, 0.15) is 0 Å². The molecule has 2 heterocycles. The summed E-state index contributed by atoms with van der Waals surface area (Å²) in [5, 5.41) is 13.9. The van der Waals surface area contributed by atoms with Crippen molar-refractivity contribution in [3.63, 3.8) is 0 Å². The summed E-state index contributed by atoms with van der Waals surface area (Å²) in [6, 6.07) is 0.487. The Bertz CT molecular complexity index is 1290. The van der Waals surface area contributed by atoms with Crippen LogP contribution in [0.5, 0.6) is 0 Å². The maximum Gasteiger partial charge on any atom is 0.416 e. The maximum atomic E-state index is 13.1. The largest absolute Gasteiger partial charge is 0.416 e. The zero-order valence-electron chi connectivity index (χ0n) is 15.8. The molecular formula is C15H10F6N6O4S. The van der Waals surface area contributed by atoms with Gasteiger partial charge in [0, 0.05) is 18.9 Å². The van der Waals surface area contributed by atoms with E-state index in [1.165, 1.54) is 7.05 Å². The van der Waals surface area contributed by atoms with Gasteiger partial charge in [-0.15, -0.1) is 5.10 Å². The van der Waals surface area contributed by atoms with Crippen molar-refractivity contribution in [2.45, 2.75) is 17.5 Å². The Balaban J connectivity index is 2.35. The summed E-state index contributed by atoms with van der Waals surface area (Å²) in [6.45, 7) is 0. The molecule has 0 N–H and O–H groups in total. The SMILES string of the molecule is Cn1cnc([N+](=O)[O-])c1-n1nc(-c2cc(C(F)(F)F)cc(C(F)(F)F)c2)nc1S(C)(=O)=O. The average Bonchev–Trinajstić information content (AvgIpc) is 3.23. The molecule has 0 aliphatic rings. The fourth-order valence-corrected chi connectivity index (χ4v) is 3.36. The highest BCUT2D eigenvalue weighted by Crippen LogP contribution is 2.38. The van der Waals surface area contributed by atoms with Gasteiger partial charge in [-0.3, -0.25) is 4.57 Å². The Kier molecular flexibility index (Phi) is 5.27. The van der Waals surface area contributed by atoms with Crippen LogP contribution in [-0.2, 0) is 29.2 Å². The van der Waals surface area contributed by atoms with E-state index in [0.29, 0.717) is 23.1 Å². The summed E-state index contributed by atoms with van der Waals surface area (Å²) in [6.07, 6.45) is -8.77. The predicted octanol–water partition coefficient (Wildman–Crippen LogP) is 3.02. The minimum atomic E-state index is -5.17. The van der Waals surface area contributed by atoms with E-state index < -0.39 is 66.4 Å². The van der Waals surface area contributed by atoms with Crippen molar-refractivity contribution >= 4 is 15.7 Å². The van der Waals surface area contributed by atoms with Crippen molar-refractivity contribution in [3.05, 3.63) is 45.8 Å². The molecule has 0 unspecified atom stereocenters. The van der Waals surface area contributed by atoms with E-state index in [1.54, 1.807) is 0 Å². The van der Waals surface area contributed by atoms with Gasteiger partial charge in [0.2, 0.25) is 22.0 Å². The van der Waals surface area contributed by atoms with E-state index in [-0.39, 0.29) is 6.07 Å². The molecule has 0 radical (unpaired) electrons. The molecule has 0 bridgehead atoms.